The lowest BCUT2D eigenvalue weighted by Crippen LogP contribution is -2.36. The van der Waals surface area contributed by atoms with Gasteiger partial charge in [-0.05, 0) is 49.9 Å². The van der Waals surface area contributed by atoms with E-state index in [1.54, 1.807) is 19.2 Å². The first kappa shape index (κ1) is 14.3. The molecule has 4 heteroatoms. The molecular formula is C15H22FNO2. The average molecular weight is 267 g/mol. The molecule has 19 heavy (non-hydrogen) atoms. The lowest BCUT2D eigenvalue weighted by atomic mass is 9.91. The highest BCUT2D eigenvalue weighted by Crippen LogP contribution is 2.32. The molecule has 1 aliphatic carbocycles. The van der Waals surface area contributed by atoms with E-state index in [2.05, 4.69) is 5.32 Å². The maximum Gasteiger partial charge on any atom is 0.165 e. The summed E-state index contributed by atoms with van der Waals surface area (Å²) in [5, 5.41) is 13.5. The van der Waals surface area contributed by atoms with E-state index in [4.69, 9.17) is 4.74 Å². The molecular weight excluding hydrogens is 245 g/mol. The summed E-state index contributed by atoms with van der Waals surface area (Å²) in [6.07, 6.45) is 2.89. The Balaban J connectivity index is 2.17. The predicted molar refractivity (Wildman–Crippen MR) is 72.7 cm³/mol. The minimum Gasteiger partial charge on any atom is -0.490 e. The van der Waals surface area contributed by atoms with Gasteiger partial charge in [-0.3, -0.25) is 0 Å². The van der Waals surface area contributed by atoms with E-state index < -0.39 is 5.60 Å². The summed E-state index contributed by atoms with van der Waals surface area (Å²) in [6, 6.07) is 4.62. The normalized spacial score (nSPS) is 18.1. The number of likely N-dealkylation sites (N-methyl/N-ethyl adjacent to an activating group) is 1. The fourth-order valence-corrected chi connectivity index (χ4v) is 2.12. The monoisotopic (exact) mass is 267 g/mol. The van der Waals surface area contributed by atoms with E-state index >= 15 is 0 Å². The van der Waals surface area contributed by atoms with Gasteiger partial charge in [0.05, 0.1) is 6.61 Å². The van der Waals surface area contributed by atoms with Crippen molar-refractivity contribution < 1.29 is 14.2 Å². The third kappa shape index (κ3) is 3.45. The summed E-state index contributed by atoms with van der Waals surface area (Å²) in [5.41, 5.74) is -0.295. The van der Waals surface area contributed by atoms with Crippen LogP contribution in [0.3, 0.4) is 0 Å². The lowest BCUT2D eigenvalue weighted by molar-refractivity contribution is 0.0343. The molecule has 0 radical (unpaired) electrons. The molecule has 0 heterocycles. The van der Waals surface area contributed by atoms with Crippen LogP contribution in [0.25, 0.3) is 0 Å². The minimum atomic E-state index is -0.986. The molecule has 1 aliphatic rings. The Morgan fingerprint density at radius 3 is 2.79 bits per heavy atom. The smallest absolute Gasteiger partial charge is 0.165 e. The van der Waals surface area contributed by atoms with E-state index in [1.165, 1.54) is 18.9 Å². The largest absolute Gasteiger partial charge is 0.490 e. The molecule has 106 valence electrons. The molecule has 0 bridgehead atoms. The Hall–Kier alpha value is -1.13. The number of aliphatic hydroxyl groups is 1. The highest BCUT2D eigenvalue weighted by Gasteiger charge is 2.28. The Kier molecular flexibility index (Phi) is 4.42. The zero-order chi connectivity index (χ0) is 13.9. The lowest BCUT2D eigenvalue weighted by Gasteiger charge is -2.27. The predicted octanol–water partition coefficient (Wildman–Crippen LogP) is 2.43. The van der Waals surface area contributed by atoms with Crippen molar-refractivity contribution in [3.8, 4) is 5.75 Å². The first-order valence-corrected chi connectivity index (χ1v) is 6.89. The van der Waals surface area contributed by atoms with Crippen LogP contribution in [0.15, 0.2) is 18.2 Å². The Morgan fingerprint density at radius 1 is 1.47 bits per heavy atom. The van der Waals surface area contributed by atoms with Gasteiger partial charge in [0.15, 0.2) is 11.6 Å². The van der Waals surface area contributed by atoms with E-state index in [1.807, 2.05) is 6.92 Å². The van der Waals surface area contributed by atoms with Crippen molar-refractivity contribution in [1.82, 2.24) is 5.32 Å². The van der Waals surface area contributed by atoms with Crippen LogP contribution in [0.1, 0.15) is 31.7 Å². The Morgan fingerprint density at radius 2 is 2.21 bits per heavy atom. The number of nitrogens with one attached hydrogen (secondary N) is 1. The standard InChI is InChI=1S/C15H22FNO2/c1-3-15(18,10-17-2)12-6-7-13(16)14(8-12)19-9-11-4-5-11/h6-8,11,17-18H,3-5,9-10H2,1-2H3/t15-/m1/s1. The molecule has 1 fully saturated rings. The number of hydrogen-bond donors (Lipinski definition) is 2. The van der Waals surface area contributed by atoms with E-state index in [0.29, 0.717) is 31.1 Å². The van der Waals surface area contributed by atoms with Crippen LogP contribution >= 0.6 is 0 Å². The third-order valence-electron chi connectivity index (χ3n) is 3.69. The zero-order valence-electron chi connectivity index (χ0n) is 11.6. The van der Waals surface area contributed by atoms with Gasteiger partial charge < -0.3 is 15.2 Å². The molecule has 0 unspecified atom stereocenters. The zero-order valence-corrected chi connectivity index (χ0v) is 11.6. The molecule has 0 amide bonds. The van der Waals surface area contributed by atoms with Crippen LogP contribution in [0.2, 0.25) is 0 Å². The van der Waals surface area contributed by atoms with E-state index in [0.717, 1.165) is 0 Å². The fourth-order valence-electron chi connectivity index (χ4n) is 2.12. The van der Waals surface area contributed by atoms with E-state index in [9.17, 15) is 9.50 Å². The summed E-state index contributed by atoms with van der Waals surface area (Å²) < 4.78 is 19.2. The number of benzene rings is 1. The van der Waals surface area contributed by atoms with Gasteiger partial charge in [-0.2, -0.15) is 0 Å². The summed E-state index contributed by atoms with van der Waals surface area (Å²) >= 11 is 0. The Bertz CT molecular complexity index is 434. The van der Waals surface area contributed by atoms with Crippen molar-refractivity contribution in [3.05, 3.63) is 29.6 Å². The van der Waals surface area contributed by atoms with Crippen LogP contribution in [0, 0.1) is 11.7 Å². The SMILES string of the molecule is CC[C@@](O)(CNC)c1ccc(F)c(OCC2CC2)c1. The van der Waals surface area contributed by atoms with Crippen LogP contribution < -0.4 is 10.1 Å². The summed E-state index contributed by atoms with van der Waals surface area (Å²) in [7, 11) is 1.79. The van der Waals surface area contributed by atoms with Gasteiger partial charge in [0, 0.05) is 6.54 Å². The van der Waals surface area contributed by atoms with Crippen LogP contribution in [0.4, 0.5) is 4.39 Å². The van der Waals surface area contributed by atoms with Gasteiger partial charge in [-0.25, -0.2) is 4.39 Å². The summed E-state index contributed by atoms with van der Waals surface area (Å²) in [5.74, 6) is 0.449. The van der Waals surface area contributed by atoms with Crippen molar-refractivity contribution in [3.63, 3.8) is 0 Å². The highest BCUT2D eigenvalue weighted by atomic mass is 19.1. The molecule has 1 saturated carbocycles. The van der Waals surface area contributed by atoms with E-state index in [-0.39, 0.29) is 11.6 Å². The fraction of sp³-hybridized carbons (Fsp3) is 0.600. The second kappa shape index (κ2) is 5.88. The topological polar surface area (TPSA) is 41.5 Å². The molecule has 0 aromatic heterocycles. The van der Waals surface area contributed by atoms with Gasteiger partial charge in [0.1, 0.15) is 5.60 Å². The molecule has 2 N–H and O–H groups in total. The van der Waals surface area contributed by atoms with Crippen LogP contribution in [0.5, 0.6) is 5.75 Å². The van der Waals surface area contributed by atoms with Gasteiger partial charge in [-0.15, -0.1) is 0 Å². The minimum absolute atomic E-state index is 0.243. The molecule has 1 aromatic rings. The van der Waals surface area contributed by atoms with Gasteiger partial charge in [-0.1, -0.05) is 13.0 Å². The molecule has 1 aromatic carbocycles. The van der Waals surface area contributed by atoms with Crippen molar-refractivity contribution in [2.45, 2.75) is 31.8 Å². The molecule has 3 nitrogen and oxygen atoms in total. The number of hydrogen-bond acceptors (Lipinski definition) is 3. The number of rotatable bonds is 7. The average Bonchev–Trinajstić information content (AvgIpc) is 3.22. The van der Waals surface area contributed by atoms with Gasteiger partial charge >= 0.3 is 0 Å². The molecule has 0 saturated heterocycles. The number of halogens is 1. The van der Waals surface area contributed by atoms with Crippen molar-refractivity contribution in [2.75, 3.05) is 20.2 Å². The molecule has 0 spiro atoms. The first-order chi connectivity index (χ1) is 9.09. The van der Waals surface area contributed by atoms with Crippen molar-refractivity contribution in [2.24, 2.45) is 5.92 Å². The molecule has 2 rings (SSSR count). The van der Waals surface area contributed by atoms with Crippen LogP contribution in [-0.4, -0.2) is 25.3 Å². The molecule has 1 atom stereocenters. The van der Waals surface area contributed by atoms with Gasteiger partial charge in [0.2, 0.25) is 0 Å². The van der Waals surface area contributed by atoms with Gasteiger partial charge in [0.25, 0.3) is 0 Å². The van der Waals surface area contributed by atoms with Crippen molar-refractivity contribution in [1.29, 1.82) is 0 Å². The quantitative estimate of drug-likeness (QED) is 0.797. The molecule has 0 aliphatic heterocycles. The summed E-state index contributed by atoms with van der Waals surface area (Å²) in [6.45, 7) is 2.90. The maximum atomic E-state index is 13.7. The Labute approximate surface area is 113 Å². The summed E-state index contributed by atoms with van der Waals surface area (Å²) in [4.78, 5) is 0. The third-order valence-corrected chi connectivity index (χ3v) is 3.69. The number of ether oxygens (including phenoxy) is 1. The maximum absolute atomic E-state index is 13.7. The second-order valence-electron chi connectivity index (χ2n) is 5.32. The van der Waals surface area contributed by atoms with Crippen LogP contribution in [-0.2, 0) is 5.60 Å². The van der Waals surface area contributed by atoms with Crippen molar-refractivity contribution >= 4 is 0 Å². The highest BCUT2D eigenvalue weighted by molar-refractivity contribution is 5.34. The first-order valence-electron chi connectivity index (χ1n) is 6.89. The second-order valence-corrected chi connectivity index (χ2v) is 5.32.